The first kappa shape index (κ1) is 8.70. The number of halogens is 1. The number of rotatable bonds is 1. The fourth-order valence-corrected chi connectivity index (χ4v) is 1.79. The Morgan fingerprint density at radius 2 is 2.00 bits per heavy atom. The summed E-state index contributed by atoms with van der Waals surface area (Å²) >= 11 is 2.13. The molecule has 0 bridgehead atoms. The molecule has 1 aliphatic heterocycles. The molecule has 1 saturated heterocycles. The SMILES string of the molecule is C[C@@H]1O[C@H](CI)[C@@H](O)[C@H]1O. The van der Waals surface area contributed by atoms with Gasteiger partial charge >= 0.3 is 0 Å². The molecule has 0 aliphatic carbocycles. The molecule has 1 rings (SSSR count). The summed E-state index contributed by atoms with van der Waals surface area (Å²) in [7, 11) is 0. The lowest BCUT2D eigenvalue weighted by atomic mass is 10.1. The van der Waals surface area contributed by atoms with Gasteiger partial charge in [-0.25, -0.2) is 0 Å². The molecular formula is C6H11IO3. The van der Waals surface area contributed by atoms with Gasteiger partial charge in [-0.3, -0.25) is 0 Å². The van der Waals surface area contributed by atoms with Crippen molar-refractivity contribution in [2.75, 3.05) is 4.43 Å². The van der Waals surface area contributed by atoms with E-state index in [0.717, 1.165) is 4.43 Å². The molecular weight excluding hydrogens is 247 g/mol. The molecule has 4 atom stereocenters. The highest BCUT2D eigenvalue weighted by atomic mass is 127. The fraction of sp³-hybridized carbons (Fsp3) is 1.00. The number of hydrogen-bond donors (Lipinski definition) is 2. The molecule has 10 heavy (non-hydrogen) atoms. The van der Waals surface area contributed by atoms with Crippen LogP contribution in [0.3, 0.4) is 0 Å². The van der Waals surface area contributed by atoms with Crippen LogP contribution in [-0.2, 0) is 4.74 Å². The Kier molecular flexibility index (Phi) is 2.91. The second kappa shape index (κ2) is 3.34. The van der Waals surface area contributed by atoms with E-state index in [-0.39, 0.29) is 12.2 Å². The lowest BCUT2D eigenvalue weighted by molar-refractivity contribution is 0.0308. The summed E-state index contributed by atoms with van der Waals surface area (Å²) in [4.78, 5) is 0. The molecule has 2 N–H and O–H groups in total. The van der Waals surface area contributed by atoms with Crippen LogP contribution in [0.4, 0.5) is 0 Å². The highest BCUT2D eigenvalue weighted by Gasteiger charge is 2.39. The van der Waals surface area contributed by atoms with Crippen molar-refractivity contribution in [3.8, 4) is 0 Å². The van der Waals surface area contributed by atoms with Crippen molar-refractivity contribution < 1.29 is 14.9 Å². The average molecular weight is 258 g/mol. The molecule has 0 aromatic heterocycles. The zero-order valence-corrected chi connectivity index (χ0v) is 7.85. The van der Waals surface area contributed by atoms with E-state index in [2.05, 4.69) is 22.6 Å². The normalized spacial score (nSPS) is 48.0. The number of aliphatic hydroxyl groups is 2. The van der Waals surface area contributed by atoms with Gasteiger partial charge in [-0.1, -0.05) is 22.6 Å². The molecule has 1 heterocycles. The van der Waals surface area contributed by atoms with Crippen LogP contribution < -0.4 is 0 Å². The zero-order valence-electron chi connectivity index (χ0n) is 5.70. The zero-order chi connectivity index (χ0) is 7.72. The van der Waals surface area contributed by atoms with Crippen LogP contribution in [0.25, 0.3) is 0 Å². The molecule has 0 aromatic carbocycles. The average Bonchev–Trinajstić information content (AvgIpc) is 2.17. The van der Waals surface area contributed by atoms with Crippen molar-refractivity contribution in [2.24, 2.45) is 0 Å². The Labute approximate surface area is 73.5 Å². The van der Waals surface area contributed by atoms with E-state index in [0.29, 0.717) is 0 Å². The number of ether oxygens (including phenoxy) is 1. The topological polar surface area (TPSA) is 49.7 Å². The van der Waals surface area contributed by atoms with Gasteiger partial charge in [0.05, 0.1) is 12.2 Å². The van der Waals surface area contributed by atoms with E-state index in [1.807, 2.05) is 0 Å². The predicted molar refractivity (Wildman–Crippen MR) is 45.2 cm³/mol. The fourth-order valence-electron chi connectivity index (χ4n) is 1.06. The van der Waals surface area contributed by atoms with E-state index in [1.54, 1.807) is 6.92 Å². The van der Waals surface area contributed by atoms with Crippen LogP contribution in [0.15, 0.2) is 0 Å². The van der Waals surface area contributed by atoms with Crippen molar-refractivity contribution in [3.05, 3.63) is 0 Å². The van der Waals surface area contributed by atoms with Gasteiger partial charge in [-0.05, 0) is 6.92 Å². The Hall–Kier alpha value is 0.610. The van der Waals surface area contributed by atoms with Gasteiger partial charge in [-0.2, -0.15) is 0 Å². The van der Waals surface area contributed by atoms with Crippen LogP contribution in [0.1, 0.15) is 6.92 Å². The van der Waals surface area contributed by atoms with Gasteiger partial charge in [0, 0.05) is 4.43 Å². The number of hydrogen-bond acceptors (Lipinski definition) is 3. The molecule has 0 unspecified atom stereocenters. The maximum atomic E-state index is 9.25. The van der Waals surface area contributed by atoms with Crippen molar-refractivity contribution >= 4 is 22.6 Å². The largest absolute Gasteiger partial charge is 0.388 e. The first-order chi connectivity index (χ1) is 4.66. The predicted octanol–water partition coefficient (Wildman–Crippen LogP) is -0.0695. The summed E-state index contributed by atoms with van der Waals surface area (Å²) in [5.41, 5.74) is 0. The van der Waals surface area contributed by atoms with Crippen LogP contribution >= 0.6 is 22.6 Å². The first-order valence-corrected chi connectivity index (χ1v) is 4.77. The summed E-state index contributed by atoms with van der Waals surface area (Å²) in [6.07, 6.45) is -1.83. The Morgan fingerprint density at radius 1 is 1.40 bits per heavy atom. The van der Waals surface area contributed by atoms with Crippen LogP contribution in [0.5, 0.6) is 0 Å². The van der Waals surface area contributed by atoms with Gasteiger partial charge in [0.25, 0.3) is 0 Å². The summed E-state index contributed by atoms with van der Waals surface area (Å²) in [5.74, 6) is 0. The molecule has 1 fully saturated rings. The number of alkyl halides is 1. The third kappa shape index (κ3) is 1.44. The van der Waals surface area contributed by atoms with Gasteiger partial charge in [-0.15, -0.1) is 0 Å². The minimum atomic E-state index is -0.709. The molecule has 0 aromatic rings. The van der Waals surface area contributed by atoms with E-state index < -0.39 is 12.2 Å². The second-order valence-electron chi connectivity index (χ2n) is 2.52. The Bertz CT molecular complexity index is 120. The quantitative estimate of drug-likeness (QED) is 0.511. The van der Waals surface area contributed by atoms with Gasteiger partial charge in [0.1, 0.15) is 12.2 Å². The second-order valence-corrected chi connectivity index (χ2v) is 3.40. The summed E-state index contributed by atoms with van der Waals surface area (Å²) < 4.78 is 5.95. The summed E-state index contributed by atoms with van der Waals surface area (Å²) in [5, 5.41) is 18.4. The highest BCUT2D eigenvalue weighted by Crippen LogP contribution is 2.21. The van der Waals surface area contributed by atoms with Crippen molar-refractivity contribution in [1.29, 1.82) is 0 Å². The smallest absolute Gasteiger partial charge is 0.109 e. The summed E-state index contributed by atoms with van der Waals surface area (Å²) in [6, 6.07) is 0. The molecule has 3 nitrogen and oxygen atoms in total. The van der Waals surface area contributed by atoms with Crippen molar-refractivity contribution in [1.82, 2.24) is 0 Å². The molecule has 1 aliphatic rings. The number of aliphatic hydroxyl groups excluding tert-OH is 2. The Morgan fingerprint density at radius 3 is 2.20 bits per heavy atom. The molecule has 0 radical (unpaired) electrons. The van der Waals surface area contributed by atoms with Gasteiger partial charge in [0.15, 0.2) is 0 Å². The van der Waals surface area contributed by atoms with Crippen LogP contribution in [0.2, 0.25) is 0 Å². The Balaban J connectivity index is 2.53. The lowest BCUT2D eigenvalue weighted by Crippen LogP contribution is -2.32. The highest BCUT2D eigenvalue weighted by molar-refractivity contribution is 14.1. The third-order valence-electron chi connectivity index (χ3n) is 1.75. The van der Waals surface area contributed by atoms with Crippen LogP contribution in [-0.4, -0.2) is 39.1 Å². The van der Waals surface area contributed by atoms with E-state index in [4.69, 9.17) is 4.74 Å². The maximum Gasteiger partial charge on any atom is 0.109 e. The molecule has 60 valence electrons. The minimum Gasteiger partial charge on any atom is -0.388 e. The standard InChI is InChI=1S/C6H11IO3/c1-3-5(8)6(9)4(2-7)10-3/h3-6,8-9H,2H2,1H3/t3-,4+,5-,6+/m0/s1. The van der Waals surface area contributed by atoms with E-state index in [9.17, 15) is 10.2 Å². The van der Waals surface area contributed by atoms with Crippen LogP contribution in [0, 0.1) is 0 Å². The first-order valence-electron chi connectivity index (χ1n) is 3.24. The summed E-state index contributed by atoms with van der Waals surface area (Å²) in [6.45, 7) is 1.76. The monoisotopic (exact) mass is 258 g/mol. The van der Waals surface area contributed by atoms with Gasteiger partial charge in [0.2, 0.25) is 0 Å². The molecule has 0 saturated carbocycles. The van der Waals surface area contributed by atoms with Crippen molar-refractivity contribution in [3.63, 3.8) is 0 Å². The van der Waals surface area contributed by atoms with E-state index in [1.165, 1.54) is 0 Å². The minimum absolute atomic E-state index is 0.189. The maximum absolute atomic E-state index is 9.25. The molecule has 0 amide bonds. The third-order valence-corrected chi connectivity index (χ3v) is 2.62. The van der Waals surface area contributed by atoms with E-state index >= 15 is 0 Å². The molecule has 4 heteroatoms. The van der Waals surface area contributed by atoms with Gasteiger partial charge < -0.3 is 14.9 Å². The molecule has 0 spiro atoms. The lowest BCUT2D eigenvalue weighted by Gasteiger charge is -2.10. The van der Waals surface area contributed by atoms with Crippen molar-refractivity contribution in [2.45, 2.75) is 31.3 Å².